The molecule has 0 unspecified atom stereocenters. The molecule has 0 aromatic carbocycles. The van der Waals surface area contributed by atoms with Crippen molar-refractivity contribution in [2.24, 2.45) is 0 Å². The van der Waals surface area contributed by atoms with Gasteiger partial charge in [0, 0.05) is 51.4 Å². The van der Waals surface area contributed by atoms with Crippen molar-refractivity contribution in [2.45, 2.75) is 39.2 Å². The van der Waals surface area contributed by atoms with E-state index in [1.165, 1.54) is 0 Å². The number of esters is 1. The van der Waals surface area contributed by atoms with Crippen molar-refractivity contribution in [2.75, 3.05) is 36.0 Å². The lowest BCUT2D eigenvalue weighted by atomic mass is 10.1. The summed E-state index contributed by atoms with van der Waals surface area (Å²) in [6.07, 6.45) is 5.84. The Morgan fingerprint density at radius 2 is 2.07 bits per heavy atom. The van der Waals surface area contributed by atoms with Gasteiger partial charge < -0.3 is 14.5 Å². The summed E-state index contributed by atoms with van der Waals surface area (Å²) in [6, 6.07) is 7.53. The highest BCUT2D eigenvalue weighted by atomic mass is 16.5. The molecule has 0 amide bonds. The molecule has 144 valence electrons. The van der Waals surface area contributed by atoms with E-state index < -0.39 is 0 Å². The molecule has 27 heavy (non-hydrogen) atoms. The molecule has 7 nitrogen and oxygen atoms in total. The zero-order valence-corrected chi connectivity index (χ0v) is 16.0. The number of piperidine rings is 1. The zero-order valence-electron chi connectivity index (χ0n) is 16.0. The number of pyridine rings is 1. The summed E-state index contributed by atoms with van der Waals surface area (Å²) in [7, 11) is 0. The van der Waals surface area contributed by atoms with Gasteiger partial charge in [0.05, 0.1) is 5.56 Å². The SMILES string of the molecule is CCCN(CC)c1ccc(C(=O)OC2CCN(c3cccnn3)CC2)cn1. The molecule has 0 N–H and O–H groups in total. The molecule has 1 aliphatic heterocycles. The Kier molecular flexibility index (Phi) is 6.57. The largest absolute Gasteiger partial charge is 0.459 e. The van der Waals surface area contributed by atoms with Gasteiger partial charge in [0.2, 0.25) is 0 Å². The van der Waals surface area contributed by atoms with Gasteiger partial charge in [-0.15, -0.1) is 5.10 Å². The second kappa shape index (κ2) is 9.30. The van der Waals surface area contributed by atoms with Gasteiger partial charge in [-0.25, -0.2) is 9.78 Å². The molecule has 3 heterocycles. The van der Waals surface area contributed by atoms with Gasteiger partial charge in [-0.3, -0.25) is 0 Å². The maximum Gasteiger partial charge on any atom is 0.339 e. The summed E-state index contributed by atoms with van der Waals surface area (Å²) < 4.78 is 5.68. The maximum atomic E-state index is 12.4. The van der Waals surface area contributed by atoms with Crippen LogP contribution >= 0.6 is 0 Å². The van der Waals surface area contributed by atoms with Crippen molar-refractivity contribution in [3.8, 4) is 0 Å². The number of hydrogen-bond acceptors (Lipinski definition) is 7. The van der Waals surface area contributed by atoms with Gasteiger partial charge in [-0.2, -0.15) is 5.10 Å². The van der Waals surface area contributed by atoms with Crippen LogP contribution in [0.5, 0.6) is 0 Å². The standard InChI is InChI=1S/C20H27N5O2/c1-3-12-24(4-2)18-8-7-16(15-21-18)20(26)27-17-9-13-25(14-10-17)19-6-5-11-22-23-19/h5-8,11,15,17H,3-4,9-10,12-14H2,1-2H3. The first kappa shape index (κ1) is 19.1. The van der Waals surface area contributed by atoms with Crippen LogP contribution < -0.4 is 9.80 Å². The molecule has 1 fully saturated rings. The van der Waals surface area contributed by atoms with Crippen LogP contribution in [-0.4, -0.2) is 53.4 Å². The van der Waals surface area contributed by atoms with Crippen LogP contribution in [-0.2, 0) is 4.74 Å². The Balaban J connectivity index is 1.52. The van der Waals surface area contributed by atoms with Crippen LogP contribution in [0.2, 0.25) is 0 Å². The van der Waals surface area contributed by atoms with Gasteiger partial charge in [0.1, 0.15) is 11.9 Å². The second-order valence-electron chi connectivity index (χ2n) is 6.66. The maximum absolute atomic E-state index is 12.4. The highest BCUT2D eigenvalue weighted by Crippen LogP contribution is 2.20. The first-order valence-electron chi connectivity index (χ1n) is 9.66. The smallest absolute Gasteiger partial charge is 0.339 e. The van der Waals surface area contributed by atoms with Crippen LogP contribution in [0, 0.1) is 0 Å². The van der Waals surface area contributed by atoms with Gasteiger partial charge in [0.25, 0.3) is 0 Å². The van der Waals surface area contributed by atoms with Crippen molar-refractivity contribution in [1.82, 2.24) is 15.2 Å². The predicted molar refractivity (Wildman–Crippen MR) is 105 cm³/mol. The molecule has 1 saturated heterocycles. The number of ether oxygens (including phenoxy) is 1. The van der Waals surface area contributed by atoms with Crippen LogP contribution in [0.4, 0.5) is 11.6 Å². The molecule has 0 bridgehead atoms. The lowest BCUT2D eigenvalue weighted by Gasteiger charge is -2.32. The minimum Gasteiger partial charge on any atom is -0.459 e. The van der Waals surface area contributed by atoms with E-state index in [9.17, 15) is 4.79 Å². The summed E-state index contributed by atoms with van der Waals surface area (Å²) in [5, 5.41) is 8.05. The first-order valence-corrected chi connectivity index (χ1v) is 9.66. The fourth-order valence-electron chi connectivity index (χ4n) is 3.28. The molecule has 2 aromatic rings. The van der Waals surface area contributed by atoms with Crippen LogP contribution in [0.15, 0.2) is 36.7 Å². The lowest BCUT2D eigenvalue weighted by Crippen LogP contribution is -2.38. The topological polar surface area (TPSA) is 71.5 Å². The minimum atomic E-state index is -0.300. The van der Waals surface area contributed by atoms with Crippen molar-refractivity contribution >= 4 is 17.6 Å². The number of carbonyl (C=O) groups is 1. The van der Waals surface area contributed by atoms with E-state index in [1.807, 2.05) is 18.2 Å². The van der Waals surface area contributed by atoms with E-state index in [4.69, 9.17) is 4.74 Å². The molecule has 0 aliphatic carbocycles. The van der Waals surface area contributed by atoms with E-state index in [0.29, 0.717) is 5.56 Å². The summed E-state index contributed by atoms with van der Waals surface area (Å²) in [4.78, 5) is 21.2. The number of anilines is 2. The van der Waals surface area contributed by atoms with Crippen molar-refractivity contribution in [1.29, 1.82) is 0 Å². The Morgan fingerprint density at radius 1 is 1.26 bits per heavy atom. The average Bonchev–Trinajstić information content (AvgIpc) is 2.73. The fraction of sp³-hybridized carbons (Fsp3) is 0.500. The summed E-state index contributed by atoms with van der Waals surface area (Å²) >= 11 is 0. The normalized spacial score (nSPS) is 14.8. The van der Waals surface area contributed by atoms with Gasteiger partial charge in [-0.05, 0) is 37.6 Å². The molecule has 3 rings (SSSR count). The van der Waals surface area contributed by atoms with Crippen LogP contribution in [0.3, 0.4) is 0 Å². The van der Waals surface area contributed by atoms with Crippen molar-refractivity contribution in [3.05, 3.63) is 42.2 Å². The second-order valence-corrected chi connectivity index (χ2v) is 6.66. The molecule has 2 aromatic heterocycles. The van der Waals surface area contributed by atoms with Crippen LogP contribution in [0.1, 0.15) is 43.5 Å². The predicted octanol–water partition coefficient (Wildman–Crippen LogP) is 2.93. The number of aromatic nitrogens is 3. The summed E-state index contributed by atoms with van der Waals surface area (Å²) in [5.41, 5.74) is 0.502. The minimum absolute atomic E-state index is 0.0719. The fourth-order valence-corrected chi connectivity index (χ4v) is 3.28. The molecule has 0 saturated carbocycles. The number of carbonyl (C=O) groups excluding carboxylic acids is 1. The molecular formula is C20H27N5O2. The molecule has 7 heteroatoms. The molecule has 0 spiro atoms. The van der Waals surface area contributed by atoms with E-state index in [-0.39, 0.29) is 12.1 Å². The van der Waals surface area contributed by atoms with E-state index in [2.05, 4.69) is 38.8 Å². The van der Waals surface area contributed by atoms with E-state index >= 15 is 0 Å². The Morgan fingerprint density at radius 3 is 2.67 bits per heavy atom. The van der Waals surface area contributed by atoms with Crippen molar-refractivity contribution in [3.63, 3.8) is 0 Å². The highest BCUT2D eigenvalue weighted by Gasteiger charge is 2.24. The third-order valence-corrected chi connectivity index (χ3v) is 4.78. The van der Waals surface area contributed by atoms with E-state index in [1.54, 1.807) is 18.5 Å². The quantitative estimate of drug-likeness (QED) is 0.695. The molecule has 1 aliphatic rings. The highest BCUT2D eigenvalue weighted by molar-refractivity contribution is 5.89. The summed E-state index contributed by atoms with van der Waals surface area (Å²) in [5.74, 6) is 1.47. The van der Waals surface area contributed by atoms with Gasteiger partial charge in [0.15, 0.2) is 5.82 Å². The molecular weight excluding hydrogens is 342 g/mol. The van der Waals surface area contributed by atoms with Gasteiger partial charge >= 0.3 is 5.97 Å². The number of hydrogen-bond donors (Lipinski definition) is 0. The lowest BCUT2D eigenvalue weighted by molar-refractivity contribution is 0.0244. The molecule has 0 atom stereocenters. The third kappa shape index (κ3) is 4.93. The summed E-state index contributed by atoms with van der Waals surface area (Å²) in [6.45, 7) is 7.70. The monoisotopic (exact) mass is 369 g/mol. The van der Waals surface area contributed by atoms with Gasteiger partial charge in [-0.1, -0.05) is 6.92 Å². The first-order chi connectivity index (χ1) is 13.2. The van der Waals surface area contributed by atoms with Crippen molar-refractivity contribution < 1.29 is 9.53 Å². The zero-order chi connectivity index (χ0) is 19.1. The number of nitrogens with zero attached hydrogens (tertiary/aromatic N) is 5. The average molecular weight is 369 g/mol. The van der Waals surface area contributed by atoms with Crippen LogP contribution in [0.25, 0.3) is 0 Å². The third-order valence-electron chi connectivity index (χ3n) is 4.78. The Bertz CT molecular complexity index is 715. The Hall–Kier alpha value is -2.70. The van der Waals surface area contributed by atoms with E-state index in [0.717, 1.165) is 57.1 Å². The Labute approximate surface area is 160 Å². The molecule has 0 radical (unpaired) electrons. The number of rotatable bonds is 7.